The molecule has 0 heterocycles. The van der Waals surface area contributed by atoms with Crippen LogP contribution >= 0.6 is 11.6 Å². The molecule has 2 rings (SSSR count). The minimum absolute atomic E-state index is 0.341. The summed E-state index contributed by atoms with van der Waals surface area (Å²) in [6.45, 7) is 2.16. The smallest absolute Gasteiger partial charge is 0.139 e. The lowest BCUT2D eigenvalue weighted by Crippen LogP contribution is -2.17. The summed E-state index contributed by atoms with van der Waals surface area (Å²) in [6.07, 6.45) is 0.978. The van der Waals surface area contributed by atoms with E-state index in [0.29, 0.717) is 16.8 Å². The molecule has 1 atom stereocenters. The number of hydrogen-bond donors (Lipinski definition) is 1. The molecule has 0 bridgehead atoms. The zero-order valence-corrected chi connectivity index (χ0v) is 11.9. The minimum Gasteiger partial charge on any atom is -0.495 e. The summed E-state index contributed by atoms with van der Waals surface area (Å²) in [6, 6.07) is 16.5. The fourth-order valence-electron chi connectivity index (χ4n) is 2.05. The molecule has 0 spiro atoms. The number of anilines is 1. The first-order valence-electron chi connectivity index (χ1n) is 6.33. The Balaban J connectivity index is 2.01. The van der Waals surface area contributed by atoms with Gasteiger partial charge in [0.15, 0.2) is 0 Å². The molecule has 2 nitrogen and oxygen atoms in total. The first kappa shape index (κ1) is 13.8. The van der Waals surface area contributed by atoms with Gasteiger partial charge >= 0.3 is 0 Å². The number of ether oxygens (including phenoxy) is 1. The summed E-state index contributed by atoms with van der Waals surface area (Å²) < 4.78 is 5.21. The third kappa shape index (κ3) is 3.90. The maximum Gasteiger partial charge on any atom is 0.139 e. The molecule has 0 aliphatic carbocycles. The van der Waals surface area contributed by atoms with Gasteiger partial charge in [0, 0.05) is 17.8 Å². The molecular weight excluding hydrogens is 258 g/mol. The van der Waals surface area contributed by atoms with Crippen LogP contribution < -0.4 is 10.1 Å². The Kier molecular flexibility index (Phi) is 4.69. The van der Waals surface area contributed by atoms with Gasteiger partial charge in [-0.25, -0.2) is 0 Å². The van der Waals surface area contributed by atoms with Gasteiger partial charge in [-0.1, -0.05) is 41.9 Å². The topological polar surface area (TPSA) is 21.3 Å². The fourth-order valence-corrected chi connectivity index (χ4v) is 2.25. The Hall–Kier alpha value is -1.67. The van der Waals surface area contributed by atoms with Crippen LogP contribution in [0.4, 0.5) is 5.69 Å². The van der Waals surface area contributed by atoms with Gasteiger partial charge in [0.25, 0.3) is 0 Å². The lowest BCUT2D eigenvalue weighted by Gasteiger charge is -2.16. The third-order valence-corrected chi connectivity index (χ3v) is 3.26. The van der Waals surface area contributed by atoms with Crippen LogP contribution in [0.2, 0.25) is 5.02 Å². The van der Waals surface area contributed by atoms with Crippen molar-refractivity contribution in [1.29, 1.82) is 0 Å². The highest BCUT2D eigenvalue weighted by Crippen LogP contribution is 2.27. The van der Waals surface area contributed by atoms with Crippen LogP contribution in [0.3, 0.4) is 0 Å². The molecule has 2 aromatic rings. The van der Waals surface area contributed by atoms with Crippen LogP contribution in [0.15, 0.2) is 48.5 Å². The maximum atomic E-state index is 6.01. The van der Waals surface area contributed by atoms with E-state index >= 15 is 0 Å². The van der Waals surface area contributed by atoms with Crippen molar-refractivity contribution < 1.29 is 4.74 Å². The Bertz CT molecular complexity index is 528. The maximum absolute atomic E-state index is 6.01. The zero-order valence-electron chi connectivity index (χ0n) is 11.2. The molecule has 0 aliphatic heterocycles. The summed E-state index contributed by atoms with van der Waals surface area (Å²) in [5.74, 6) is 0.693. The van der Waals surface area contributed by atoms with Crippen molar-refractivity contribution in [2.24, 2.45) is 0 Å². The summed E-state index contributed by atoms with van der Waals surface area (Å²) >= 11 is 6.01. The van der Waals surface area contributed by atoms with Gasteiger partial charge in [-0.05, 0) is 31.0 Å². The van der Waals surface area contributed by atoms with E-state index in [9.17, 15) is 0 Å². The van der Waals surface area contributed by atoms with Crippen molar-refractivity contribution in [2.45, 2.75) is 19.4 Å². The number of nitrogens with one attached hydrogen (secondary N) is 1. The van der Waals surface area contributed by atoms with Gasteiger partial charge in [0.05, 0.1) is 12.1 Å². The highest BCUT2D eigenvalue weighted by Gasteiger charge is 2.06. The normalized spacial score (nSPS) is 11.9. The molecule has 0 amide bonds. The second-order valence-corrected chi connectivity index (χ2v) is 4.99. The first-order valence-corrected chi connectivity index (χ1v) is 6.71. The molecule has 0 fully saturated rings. The van der Waals surface area contributed by atoms with Gasteiger partial charge in [-0.3, -0.25) is 0 Å². The van der Waals surface area contributed by atoms with Gasteiger partial charge < -0.3 is 10.1 Å². The van der Waals surface area contributed by atoms with Crippen molar-refractivity contribution in [1.82, 2.24) is 0 Å². The second-order valence-electron chi connectivity index (χ2n) is 4.58. The van der Waals surface area contributed by atoms with E-state index in [4.69, 9.17) is 16.3 Å². The molecule has 19 heavy (non-hydrogen) atoms. The van der Waals surface area contributed by atoms with E-state index in [1.165, 1.54) is 5.56 Å². The summed E-state index contributed by atoms with van der Waals surface area (Å²) in [5, 5.41) is 4.08. The molecule has 0 aromatic heterocycles. The summed E-state index contributed by atoms with van der Waals surface area (Å²) in [5.41, 5.74) is 2.34. The van der Waals surface area contributed by atoms with E-state index in [1.807, 2.05) is 24.3 Å². The van der Waals surface area contributed by atoms with Crippen LogP contribution in [0, 0.1) is 0 Å². The second kappa shape index (κ2) is 6.48. The number of halogens is 1. The van der Waals surface area contributed by atoms with Crippen molar-refractivity contribution >= 4 is 17.3 Å². The third-order valence-electron chi connectivity index (χ3n) is 2.95. The average molecular weight is 276 g/mol. The number of benzene rings is 2. The molecule has 1 N–H and O–H groups in total. The predicted molar refractivity (Wildman–Crippen MR) is 81.2 cm³/mol. The van der Waals surface area contributed by atoms with Gasteiger partial charge in [0.2, 0.25) is 0 Å². The molecule has 0 saturated heterocycles. The van der Waals surface area contributed by atoms with Gasteiger partial charge in [0.1, 0.15) is 5.75 Å². The van der Waals surface area contributed by atoms with Crippen LogP contribution in [0.25, 0.3) is 0 Å². The molecule has 100 valence electrons. The highest BCUT2D eigenvalue weighted by molar-refractivity contribution is 6.32. The molecule has 0 radical (unpaired) electrons. The molecule has 2 aromatic carbocycles. The molecule has 3 heteroatoms. The molecular formula is C16H18ClNO. The van der Waals surface area contributed by atoms with Crippen LogP contribution in [-0.4, -0.2) is 13.2 Å². The largest absolute Gasteiger partial charge is 0.495 e. The number of rotatable bonds is 5. The van der Waals surface area contributed by atoms with Crippen molar-refractivity contribution in [3.05, 3.63) is 59.1 Å². The van der Waals surface area contributed by atoms with Crippen LogP contribution in [0.1, 0.15) is 12.5 Å². The molecule has 1 unspecified atom stereocenters. The van der Waals surface area contributed by atoms with E-state index in [2.05, 4.69) is 36.5 Å². The van der Waals surface area contributed by atoms with E-state index in [1.54, 1.807) is 7.11 Å². The highest BCUT2D eigenvalue weighted by atomic mass is 35.5. The van der Waals surface area contributed by atoms with Gasteiger partial charge in [-0.15, -0.1) is 0 Å². The van der Waals surface area contributed by atoms with Crippen molar-refractivity contribution in [3.8, 4) is 5.75 Å². The van der Waals surface area contributed by atoms with Crippen molar-refractivity contribution in [3.63, 3.8) is 0 Å². The lowest BCUT2D eigenvalue weighted by molar-refractivity contribution is 0.415. The monoisotopic (exact) mass is 275 g/mol. The van der Waals surface area contributed by atoms with E-state index in [-0.39, 0.29) is 0 Å². The SMILES string of the molecule is COc1cc(NC(C)Cc2ccccc2)ccc1Cl. The lowest BCUT2D eigenvalue weighted by atomic mass is 10.1. The van der Waals surface area contributed by atoms with Crippen molar-refractivity contribution in [2.75, 3.05) is 12.4 Å². The molecule has 0 saturated carbocycles. The summed E-state index contributed by atoms with van der Waals surface area (Å²) in [7, 11) is 1.62. The Morgan fingerprint density at radius 1 is 1.16 bits per heavy atom. The predicted octanol–water partition coefficient (Wildman–Crippen LogP) is 4.39. The Morgan fingerprint density at radius 3 is 2.58 bits per heavy atom. The Morgan fingerprint density at radius 2 is 1.89 bits per heavy atom. The van der Waals surface area contributed by atoms with Gasteiger partial charge in [-0.2, -0.15) is 0 Å². The minimum atomic E-state index is 0.341. The van der Waals surface area contributed by atoms with Crippen LogP contribution in [-0.2, 0) is 6.42 Å². The number of hydrogen-bond acceptors (Lipinski definition) is 2. The van der Waals surface area contributed by atoms with Crippen LogP contribution in [0.5, 0.6) is 5.75 Å². The molecule has 0 aliphatic rings. The Labute approximate surface area is 119 Å². The quantitative estimate of drug-likeness (QED) is 0.874. The fraction of sp³-hybridized carbons (Fsp3) is 0.250. The average Bonchev–Trinajstić information content (AvgIpc) is 2.42. The van der Waals surface area contributed by atoms with E-state index < -0.39 is 0 Å². The standard InChI is InChI=1S/C16H18ClNO/c1-12(10-13-6-4-3-5-7-13)18-14-8-9-15(17)16(11-14)19-2/h3-9,11-12,18H,10H2,1-2H3. The van der Waals surface area contributed by atoms with E-state index in [0.717, 1.165) is 12.1 Å². The zero-order chi connectivity index (χ0) is 13.7. The first-order chi connectivity index (χ1) is 9.19. The summed E-state index contributed by atoms with van der Waals surface area (Å²) in [4.78, 5) is 0. The number of methoxy groups -OCH3 is 1.